The zero-order chi connectivity index (χ0) is 8.70. The van der Waals surface area contributed by atoms with Crippen LogP contribution < -0.4 is 5.73 Å². The molecular formula is C9H19NS. The monoisotopic (exact) mass is 173 g/mol. The smallest absolute Gasteiger partial charge is 0.0193 e. The van der Waals surface area contributed by atoms with Crippen LogP contribution in [-0.4, -0.2) is 10.8 Å². The van der Waals surface area contributed by atoms with Crippen molar-refractivity contribution in [3.8, 4) is 0 Å². The second kappa shape index (κ2) is 2.67. The van der Waals surface area contributed by atoms with Crippen LogP contribution in [0.1, 0.15) is 40.0 Å². The lowest BCUT2D eigenvalue weighted by atomic mass is 9.78. The van der Waals surface area contributed by atoms with E-state index < -0.39 is 0 Å². The minimum atomic E-state index is 0.173. The standard InChI is InChI=1S/C9H19NS/c1-8(2,3)9(11)5-4-7(10)6-9/h7,11H,4-6,10H2,1-3H3/t7-,9?/m1/s1. The Balaban J connectivity index is 2.69. The molecule has 1 nitrogen and oxygen atoms in total. The molecule has 0 amide bonds. The molecule has 0 saturated heterocycles. The lowest BCUT2D eigenvalue weighted by molar-refractivity contribution is 0.285. The molecule has 1 fully saturated rings. The summed E-state index contributed by atoms with van der Waals surface area (Å²) in [7, 11) is 0. The second-order valence-electron chi connectivity index (χ2n) is 4.78. The van der Waals surface area contributed by atoms with E-state index in [1.54, 1.807) is 0 Å². The average Bonchev–Trinajstić information content (AvgIpc) is 2.10. The van der Waals surface area contributed by atoms with Gasteiger partial charge in [0, 0.05) is 10.8 Å². The van der Waals surface area contributed by atoms with Gasteiger partial charge < -0.3 is 5.73 Å². The van der Waals surface area contributed by atoms with E-state index in [1.807, 2.05) is 0 Å². The van der Waals surface area contributed by atoms with Crippen molar-refractivity contribution in [3.63, 3.8) is 0 Å². The Kier molecular flexibility index (Phi) is 2.28. The average molecular weight is 173 g/mol. The summed E-state index contributed by atoms with van der Waals surface area (Å²) in [5.41, 5.74) is 6.14. The van der Waals surface area contributed by atoms with Crippen LogP contribution in [0.15, 0.2) is 0 Å². The molecule has 66 valence electrons. The van der Waals surface area contributed by atoms with Crippen LogP contribution in [0, 0.1) is 5.41 Å². The summed E-state index contributed by atoms with van der Waals surface area (Å²) in [6.07, 6.45) is 3.38. The maximum Gasteiger partial charge on any atom is 0.0193 e. The molecule has 0 spiro atoms. The number of thiol groups is 1. The van der Waals surface area contributed by atoms with E-state index in [-0.39, 0.29) is 10.2 Å². The van der Waals surface area contributed by atoms with E-state index in [0.29, 0.717) is 6.04 Å². The van der Waals surface area contributed by atoms with Crippen molar-refractivity contribution >= 4 is 12.6 Å². The molecule has 0 aliphatic heterocycles. The van der Waals surface area contributed by atoms with Gasteiger partial charge >= 0.3 is 0 Å². The van der Waals surface area contributed by atoms with Gasteiger partial charge in [0.25, 0.3) is 0 Å². The molecule has 1 aliphatic carbocycles. The van der Waals surface area contributed by atoms with Crippen LogP contribution in [0.25, 0.3) is 0 Å². The predicted molar refractivity (Wildman–Crippen MR) is 53.0 cm³/mol. The van der Waals surface area contributed by atoms with Gasteiger partial charge in [-0.2, -0.15) is 12.6 Å². The van der Waals surface area contributed by atoms with Crippen molar-refractivity contribution in [2.75, 3.05) is 0 Å². The highest BCUT2D eigenvalue weighted by Crippen LogP contribution is 2.47. The Morgan fingerprint density at radius 3 is 2.18 bits per heavy atom. The van der Waals surface area contributed by atoms with Gasteiger partial charge in [-0.25, -0.2) is 0 Å². The van der Waals surface area contributed by atoms with Crippen molar-refractivity contribution in [1.29, 1.82) is 0 Å². The van der Waals surface area contributed by atoms with Gasteiger partial charge in [0.2, 0.25) is 0 Å². The van der Waals surface area contributed by atoms with Gasteiger partial charge in [-0.15, -0.1) is 0 Å². The molecule has 0 aromatic heterocycles. The molecule has 11 heavy (non-hydrogen) atoms. The summed E-state index contributed by atoms with van der Waals surface area (Å²) in [6.45, 7) is 6.74. The molecule has 0 aromatic carbocycles. The fraction of sp³-hybridized carbons (Fsp3) is 1.00. The fourth-order valence-corrected chi connectivity index (χ4v) is 2.11. The third-order valence-corrected chi connectivity index (χ3v) is 4.00. The first-order valence-electron chi connectivity index (χ1n) is 4.33. The Morgan fingerprint density at radius 2 is 2.00 bits per heavy atom. The summed E-state index contributed by atoms with van der Waals surface area (Å²) in [5.74, 6) is 0. The van der Waals surface area contributed by atoms with Crippen molar-refractivity contribution in [3.05, 3.63) is 0 Å². The molecule has 1 saturated carbocycles. The molecule has 1 unspecified atom stereocenters. The first-order valence-corrected chi connectivity index (χ1v) is 4.78. The minimum absolute atomic E-state index is 0.173. The molecule has 0 bridgehead atoms. The molecule has 1 aliphatic rings. The van der Waals surface area contributed by atoms with E-state index in [1.165, 1.54) is 6.42 Å². The first-order chi connectivity index (χ1) is 4.85. The highest BCUT2D eigenvalue weighted by atomic mass is 32.1. The first kappa shape index (κ1) is 9.40. The number of hydrogen-bond donors (Lipinski definition) is 2. The van der Waals surface area contributed by atoms with Gasteiger partial charge in [-0.1, -0.05) is 20.8 Å². The summed E-state index contributed by atoms with van der Waals surface area (Å²) >= 11 is 4.74. The SMILES string of the molecule is CC(C)(C)C1(S)CC[C@@H](N)C1. The molecule has 0 radical (unpaired) electrons. The van der Waals surface area contributed by atoms with Gasteiger partial charge in [0.05, 0.1) is 0 Å². The lowest BCUT2D eigenvalue weighted by Gasteiger charge is -2.37. The predicted octanol–water partition coefficient (Wildman–Crippen LogP) is 2.21. The van der Waals surface area contributed by atoms with Crippen LogP contribution in [0.3, 0.4) is 0 Å². The molecule has 0 aromatic rings. The summed E-state index contributed by atoms with van der Waals surface area (Å²) in [6, 6.07) is 0.381. The molecule has 0 heterocycles. The van der Waals surface area contributed by atoms with E-state index in [9.17, 15) is 0 Å². The number of hydrogen-bond acceptors (Lipinski definition) is 2. The minimum Gasteiger partial charge on any atom is -0.328 e. The maximum absolute atomic E-state index is 5.86. The van der Waals surface area contributed by atoms with Crippen molar-refractivity contribution in [1.82, 2.24) is 0 Å². The second-order valence-corrected chi connectivity index (χ2v) is 5.64. The normalized spacial score (nSPS) is 39.5. The largest absolute Gasteiger partial charge is 0.328 e. The van der Waals surface area contributed by atoms with Gasteiger partial charge in [0.1, 0.15) is 0 Å². The molecular weight excluding hydrogens is 154 g/mol. The van der Waals surface area contributed by atoms with Crippen molar-refractivity contribution in [2.24, 2.45) is 11.1 Å². The van der Waals surface area contributed by atoms with Crippen molar-refractivity contribution in [2.45, 2.75) is 50.8 Å². The molecule has 2 N–H and O–H groups in total. The quantitative estimate of drug-likeness (QED) is 0.540. The zero-order valence-corrected chi connectivity index (χ0v) is 8.62. The molecule has 2 atom stereocenters. The van der Waals surface area contributed by atoms with Crippen molar-refractivity contribution < 1.29 is 0 Å². The van der Waals surface area contributed by atoms with Crippen LogP contribution in [-0.2, 0) is 0 Å². The topological polar surface area (TPSA) is 26.0 Å². The Labute approximate surface area is 75.1 Å². The van der Waals surface area contributed by atoms with Crippen LogP contribution in [0.5, 0.6) is 0 Å². The molecule has 1 rings (SSSR count). The zero-order valence-electron chi connectivity index (χ0n) is 7.72. The van der Waals surface area contributed by atoms with E-state index in [2.05, 4.69) is 20.8 Å². The number of rotatable bonds is 0. The van der Waals surface area contributed by atoms with E-state index >= 15 is 0 Å². The molecule has 2 heteroatoms. The van der Waals surface area contributed by atoms with Crippen LogP contribution in [0.4, 0.5) is 0 Å². The van der Waals surface area contributed by atoms with E-state index in [0.717, 1.165) is 12.8 Å². The van der Waals surface area contributed by atoms with Crippen LogP contribution in [0.2, 0.25) is 0 Å². The lowest BCUT2D eigenvalue weighted by Crippen LogP contribution is -2.36. The summed E-state index contributed by atoms with van der Waals surface area (Å²) < 4.78 is 0.173. The van der Waals surface area contributed by atoms with Gasteiger partial charge in [-0.3, -0.25) is 0 Å². The Bertz CT molecular complexity index is 150. The maximum atomic E-state index is 5.86. The third kappa shape index (κ3) is 1.73. The summed E-state index contributed by atoms with van der Waals surface area (Å²) in [4.78, 5) is 0. The highest BCUT2D eigenvalue weighted by Gasteiger charge is 2.43. The Morgan fingerprint density at radius 1 is 1.45 bits per heavy atom. The highest BCUT2D eigenvalue weighted by molar-refractivity contribution is 7.81. The fourth-order valence-electron chi connectivity index (χ4n) is 1.74. The van der Waals surface area contributed by atoms with E-state index in [4.69, 9.17) is 18.4 Å². The Hall–Kier alpha value is 0.310. The number of nitrogens with two attached hydrogens (primary N) is 1. The van der Waals surface area contributed by atoms with Gasteiger partial charge in [-0.05, 0) is 24.7 Å². The summed E-state index contributed by atoms with van der Waals surface area (Å²) in [5, 5.41) is 0. The third-order valence-electron chi connectivity index (χ3n) is 2.92. The van der Waals surface area contributed by atoms with Crippen LogP contribution >= 0.6 is 12.6 Å². The van der Waals surface area contributed by atoms with Gasteiger partial charge in [0.15, 0.2) is 0 Å².